The predicted molar refractivity (Wildman–Crippen MR) is 115 cm³/mol. The molecule has 1 aliphatic rings. The zero-order valence-electron chi connectivity index (χ0n) is 16.6. The summed E-state index contributed by atoms with van der Waals surface area (Å²) in [5, 5.41) is 14.7. The molecule has 0 spiro atoms. The molecular formula is C19H30Cl2N6O. The van der Waals surface area contributed by atoms with Gasteiger partial charge in [-0.2, -0.15) is 0 Å². The van der Waals surface area contributed by atoms with Crippen LogP contribution >= 0.6 is 24.8 Å². The molecular weight excluding hydrogens is 399 g/mol. The van der Waals surface area contributed by atoms with Crippen molar-refractivity contribution < 1.29 is 4.79 Å². The van der Waals surface area contributed by atoms with Crippen LogP contribution < -0.4 is 10.6 Å². The first-order chi connectivity index (χ1) is 12.5. The molecule has 1 aromatic heterocycles. The van der Waals surface area contributed by atoms with Gasteiger partial charge in [-0.1, -0.05) is 29.5 Å². The maximum atomic E-state index is 12.6. The third kappa shape index (κ3) is 6.17. The van der Waals surface area contributed by atoms with Crippen molar-refractivity contribution in [2.75, 3.05) is 27.2 Å². The maximum Gasteiger partial charge on any atom is 0.274 e. The van der Waals surface area contributed by atoms with E-state index in [2.05, 4.69) is 38.0 Å². The van der Waals surface area contributed by atoms with E-state index < -0.39 is 0 Å². The first kappa shape index (κ1) is 24.4. The van der Waals surface area contributed by atoms with Gasteiger partial charge < -0.3 is 15.5 Å². The molecule has 1 aromatic carbocycles. The van der Waals surface area contributed by atoms with Gasteiger partial charge in [0.1, 0.15) is 0 Å². The number of aromatic nitrogens is 3. The predicted octanol–water partition coefficient (Wildman–Crippen LogP) is 2.35. The van der Waals surface area contributed by atoms with E-state index in [1.54, 1.807) is 0 Å². The van der Waals surface area contributed by atoms with Crippen LogP contribution in [-0.4, -0.2) is 53.0 Å². The summed E-state index contributed by atoms with van der Waals surface area (Å²) in [6.45, 7) is 5.25. The Morgan fingerprint density at radius 2 is 1.93 bits per heavy atom. The van der Waals surface area contributed by atoms with Crippen molar-refractivity contribution in [3.05, 3.63) is 46.8 Å². The highest BCUT2D eigenvalue weighted by molar-refractivity contribution is 5.93. The standard InChI is InChI=1S/C19H28N6O.2ClH/c1-14-18(22-23-25(14)17-7-9-20-10-8-17)19(26)21-12-15-5-4-6-16(11-15)13-24(2)3;;/h4-6,11,17,20H,7-10,12-13H2,1-3H3,(H,21,26);2*1H. The second kappa shape index (κ2) is 11.4. The Morgan fingerprint density at radius 1 is 1.25 bits per heavy atom. The molecule has 0 atom stereocenters. The number of nitrogens with one attached hydrogen (secondary N) is 2. The molecule has 2 aromatic rings. The normalized spacial score (nSPS) is 14.3. The summed E-state index contributed by atoms with van der Waals surface area (Å²) in [5.74, 6) is -0.166. The molecule has 1 saturated heterocycles. The molecule has 2 heterocycles. The quantitative estimate of drug-likeness (QED) is 0.738. The molecule has 1 fully saturated rings. The highest BCUT2D eigenvalue weighted by atomic mass is 35.5. The SMILES string of the molecule is Cc1c(C(=O)NCc2cccc(CN(C)C)c2)nnn1C1CCNCC1.Cl.Cl. The zero-order chi connectivity index (χ0) is 18.5. The van der Waals surface area contributed by atoms with Crippen molar-refractivity contribution in [2.45, 2.75) is 38.9 Å². The molecule has 156 valence electrons. The Labute approximate surface area is 179 Å². The van der Waals surface area contributed by atoms with E-state index in [1.165, 1.54) is 5.56 Å². The summed E-state index contributed by atoms with van der Waals surface area (Å²) in [6, 6.07) is 8.60. The molecule has 0 aliphatic carbocycles. The number of hydrogen-bond donors (Lipinski definition) is 2. The van der Waals surface area contributed by atoms with Gasteiger partial charge in [0.25, 0.3) is 5.91 Å². The summed E-state index contributed by atoms with van der Waals surface area (Å²) in [4.78, 5) is 14.7. The van der Waals surface area contributed by atoms with Gasteiger partial charge in [0.05, 0.1) is 11.7 Å². The van der Waals surface area contributed by atoms with E-state index in [9.17, 15) is 4.79 Å². The number of piperidine rings is 1. The van der Waals surface area contributed by atoms with E-state index in [4.69, 9.17) is 0 Å². The average molecular weight is 429 g/mol. The van der Waals surface area contributed by atoms with Gasteiger partial charge >= 0.3 is 0 Å². The minimum atomic E-state index is -0.166. The van der Waals surface area contributed by atoms with E-state index in [0.717, 1.165) is 43.7 Å². The monoisotopic (exact) mass is 428 g/mol. The number of nitrogens with zero attached hydrogens (tertiary/aromatic N) is 4. The zero-order valence-corrected chi connectivity index (χ0v) is 18.3. The summed E-state index contributed by atoms with van der Waals surface area (Å²) >= 11 is 0. The summed E-state index contributed by atoms with van der Waals surface area (Å²) < 4.78 is 1.91. The molecule has 0 saturated carbocycles. The molecule has 1 amide bonds. The third-order valence-electron chi connectivity index (χ3n) is 4.74. The molecule has 2 N–H and O–H groups in total. The number of benzene rings is 1. The summed E-state index contributed by atoms with van der Waals surface area (Å²) in [7, 11) is 4.09. The fourth-order valence-corrected chi connectivity index (χ4v) is 3.42. The first-order valence-electron chi connectivity index (χ1n) is 9.18. The third-order valence-corrected chi connectivity index (χ3v) is 4.74. The van der Waals surface area contributed by atoms with Crippen LogP contribution in [0.4, 0.5) is 0 Å². The topological polar surface area (TPSA) is 75.1 Å². The Balaban J connectivity index is 0.00000196. The first-order valence-corrected chi connectivity index (χ1v) is 9.18. The van der Waals surface area contributed by atoms with E-state index >= 15 is 0 Å². The minimum Gasteiger partial charge on any atom is -0.347 e. The van der Waals surface area contributed by atoms with Crippen molar-refractivity contribution in [3.63, 3.8) is 0 Å². The smallest absolute Gasteiger partial charge is 0.274 e. The molecule has 28 heavy (non-hydrogen) atoms. The van der Waals surface area contributed by atoms with Gasteiger partial charge in [-0.25, -0.2) is 4.68 Å². The van der Waals surface area contributed by atoms with Crippen LogP contribution in [0.2, 0.25) is 0 Å². The number of hydrogen-bond acceptors (Lipinski definition) is 5. The Morgan fingerprint density at radius 3 is 2.61 bits per heavy atom. The van der Waals surface area contributed by atoms with Crippen molar-refractivity contribution in [2.24, 2.45) is 0 Å². The van der Waals surface area contributed by atoms with Crippen molar-refractivity contribution >= 4 is 30.7 Å². The molecule has 0 unspecified atom stereocenters. The van der Waals surface area contributed by atoms with Crippen LogP contribution in [0, 0.1) is 6.92 Å². The Kier molecular flexibility index (Phi) is 9.89. The average Bonchev–Trinajstić information content (AvgIpc) is 3.02. The van der Waals surface area contributed by atoms with E-state index in [1.807, 2.05) is 37.8 Å². The number of carbonyl (C=O) groups excluding carboxylic acids is 1. The molecule has 9 heteroatoms. The second-order valence-electron chi connectivity index (χ2n) is 7.19. The number of halogens is 2. The lowest BCUT2D eigenvalue weighted by molar-refractivity contribution is 0.0945. The minimum absolute atomic E-state index is 0. The molecule has 0 bridgehead atoms. The largest absolute Gasteiger partial charge is 0.347 e. The van der Waals surface area contributed by atoms with Crippen LogP contribution in [0.15, 0.2) is 24.3 Å². The van der Waals surface area contributed by atoms with Crippen LogP contribution in [-0.2, 0) is 13.1 Å². The maximum absolute atomic E-state index is 12.6. The molecule has 1 aliphatic heterocycles. The lowest BCUT2D eigenvalue weighted by Gasteiger charge is -2.23. The van der Waals surface area contributed by atoms with Crippen LogP contribution in [0.25, 0.3) is 0 Å². The number of rotatable bonds is 6. The molecule has 0 radical (unpaired) electrons. The van der Waals surface area contributed by atoms with Crippen molar-refractivity contribution in [3.8, 4) is 0 Å². The summed E-state index contributed by atoms with van der Waals surface area (Å²) in [6.07, 6.45) is 2.04. The lowest BCUT2D eigenvalue weighted by Crippen LogP contribution is -2.30. The number of carbonyl (C=O) groups is 1. The second-order valence-corrected chi connectivity index (χ2v) is 7.19. The lowest BCUT2D eigenvalue weighted by atomic mass is 10.1. The van der Waals surface area contributed by atoms with E-state index in [-0.39, 0.29) is 30.7 Å². The van der Waals surface area contributed by atoms with Crippen LogP contribution in [0.5, 0.6) is 0 Å². The highest BCUT2D eigenvalue weighted by Crippen LogP contribution is 2.20. The van der Waals surface area contributed by atoms with Crippen molar-refractivity contribution in [1.82, 2.24) is 30.5 Å². The van der Waals surface area contributed by atoms with Crippen LogP contribution in [0.3, 0.4) is 0 Å². The van der Waals surface area contributed by atoms with Gasteiger partial charge in [-0.3, -0.25) is 4.79 Å². The van der Waals surface area contributed by atoms with Crippen LogP contribution in [0.1, 0.15) is 46.2 Å². The van der Waals surface area contributed by atoms with Gasteiger partial charge in [0.2, 0.25) is 0 Å². The Bertz CT molecular complexity index is 759. The van der Waals surface area contributed by atoms with Crippen molar-refractivity contribution in [1.29, 1.82) is 0 Å². The fraction of sp³-hybridized carbons (Fsp3) is 0.526. The Hall–Kier alpha value is -1.67. The number of amides is 1. The van der Waals surface area contributed by atoms with Gasteiger partial charge in [0, 0.05) is 13.1 Å². The highest BCUT2D eigenvalue weighted by Gasteiger charge is 2.22. The summed E-state index contributed by atoms with van der Waals surface area (Å²) in [5.41, 5.74) is 3.58. The van der Waals surface area contributed by atoms with Gasteiger partial charge in [0.15, 0.2) is 5.69 Å². The fourth-order valence-electron chi connectivity index (χ4n) is 3.42. The molecule has 7 nitrogen and oxygen atoms in total. The van der Waals surface area contributed by atoms with E-state index in [0.29, 0.717) is 18.3 Å². The molecule has 3 rings (SSSR count). The van der Waals surface area contributed by atoms with Gasteiger partial charge in [-0.05, 0) is 58.1 Å². The van der Waals surface area contributed by atoms with Gasteiger partial charge in [-0.15, -0.1) is 29.9 Å².